The second-order valence-electron chi connectivity index (χ2n) is 7.54. The molecule has 140 valence electrons. The summed E-state index contributed by atoms with van der Waals surface area (Å²) >= 11 is 0. The average molecular weight is 343 g/mol. The summed E-state index contributed by atoms with van der Waals surface area (Å²) in [6, 6.07) is -1.04. The van der Waals surface area contributed by atoms with E-state index >= 15 is 0 Å². The zero-order valence-corrected chi connectivity index (χ0v) is 15.5. The van der Waals surface area contributed by atoms with Gasteiger partial charge in [0.2, 0.25) is 5.91 Å². The first-order valence-corrected chi connectivity index (χ1v) is 9.10. The molecular formula is C18H33NO5. The number of nitrogens with zero attached hydrogens (tertiary/aromatic N) is 1. The third kappa shape index (κ3) is 6.77. The van der Waals surface area contributed by atoms with Crippen LogP contribution < -0.4 is 0 Å². The molecule has 0 aromatic rings. The molecule has 2 atom stereocenters. The van der Waals surface area contributed by atoms with Gasteiger partial charge in [0.1, 0.15) is 0 Å². The molecule has 6 nitrogen and oxygen atoms in total. The number of carbonyl (C=O) groups excluding carboxylic acids is 1. The van der Waals surface area contributed by atoms with Crippen LogP contribution in [-0.2, 0) is 19.2 Å². The number of rotatable bonds is 9. The van der Waals surface area contributed by atoms with E-state index in [4.69, 9.17) is 9.57 Å². The lowest BCUT2D eigenvalue weighted by molar-refractivity contribution is -0.298. The maximum atomic E-state index is 12.7. The molecule has 6 heteroatoms. The van der Waals surface area contributed by atoms with E-state index in [9.17, 15) is 14.7 Å². The average Bonchev–Trinajstić information content (AvgIpc) is 2.50. The van der Waals surface area contributed by atoms with Crippen molar-refractivity contribution in [2.24, 2.45) is 5.41 Å². The Kier molecular flexibility index (Phi) is 8.70. The number of amides is 1. The van der Waals surface area contributed by atoms with E-state index in [1.54, 1.807) is 20.8 Å². The zero-order valence-electron chi connectivity index (χ0n) is 15.5. The fourth-order valence-corrected chi connectivity index (χ4v) is 2.82. The molecule has 2 unspecified atom stereocenters. The van der Waals surface area contributed by atoms with Crippen LogP contribution in [0.4, 0.5) is 0 Å². The number of carboxylic acid groups (broad SMARTS) is 1. The maximum Gasteiger partial charge on any atom is 0.329 e. The van der Waals surface area contributed by atoms with Crippen LogP contribution in [0.5, 0.6) is 0 Å². The second kappa shape index (κ2) is 9.99. The lowest BCUT2D eigenvalue weighted by Crippen LogP contribution is -2.53. The monoisotopic (exact) mass is 343 g/mol. The van der Waals surface area contributed by atoms with Crippen LogP contribution in [0.1, 0.15) is 79.1 Å². The Morgan fingerprint density at radius 2 is 1.96 bits per heavy atom. The van der Waals surface area contributed by atoms with E-state index in [1.807, 2.05) is 0 Å². The quantitative estimate of drug-likeness (QED) is 0.510. The first-order valence-electron chi connectivity index (χ1n) is 9.10. The fourth-order valence-electron chi connectivity index (χ4n) is 2.82. The zero-order chi connectivity index (χ0) is 18.2. The minimum atomic E-state index is -1.06. The minimum absolute atomic E-state index is 0.275. The first kappa shape index (κ1) is 20.9. The molecule has 0 bridgehead atoms. The van der Waals surface area contributed by atoms with Crippen molar-refractivity contribution in [3.8, 4) is 0 Å². The van der Waals surface area contributed by atoms with Crippen molar-refractivity contribution in [1.82, 2.24) is 5.06 Å². The third-order valence-corrected chi connectivity index (χ3v) is 4.15. The summed E-state index contributed by atoms with van der Waals surface area (Å²) in [7, 11) is 0. The lowest BCUT2D eigenvalue weighted by atomic mass is 9.86. The number of unbranched alkanes of at least 4 members (excludes halogenated alkanes) is 3. The molecule has 1 aliphatic heterocycles. The molecule has 1 fully saturated rings. The Hall–Kier alpha value is -1.14. The van der Waals surface area contributed by atoms with Crippen molar-refractivity contribution in [2.75, 3.05) is 6.61 Å². The van der Waals surface area contributed by atoms with Gasteiger partial charge >= 0.3 is 5.97 Å². The molecule has 24 heavy (non-hydrogen) atoms. The summed E-state index contributed by atoms with van der Waals surface area (Å²) < 4.78 is 5.54. The maximum absolute atomic E-state index is 12.7. The second-order valence-corrected chi connectivity index (χ2v) is 7.54. The molecule has 0 aromatic carbocycles. The fraction of sp³-hybridized carbons (Fsp3) is 0.889. The highest BCUT2D eigenvalue weighted by atomic mass is 16.8. The topological polar surface area (TPSA) is 76.1 Å². The summed E-state index contributed by atoms with van der Waals surface area (Å²) in [6.07, 6.45) is 6.22. The van der Waals surface area contributed by atoms with E-state index in [0.717, 1.165) is 43.6 Å². The van der Waals surface area contributed by atoms with Gasteiger partial charge in [-0.05, 0) is 24.7 Å². The van der Waals surface area contributed by atoms with Crippen LogP contribution in [0.25, 0.3) is 0 Å². The van der Waals surface area contributed by atoms with E-state index in [-0.39, 0.29) is 5.91 Å². The van der Waals surface area contributed by atoms with E-state index in [0.29, 0.717) is 19.4 Å². The van der Waals surface area contributed by atoms with Gasteiger partial charge in [-0.25, -0.2) is 14.7 Å². The van der Waals surface area contributed by atoms with Gasteiger partial charge in [0.05, 0.1) is 0 Å². The molecule has 1 heterocycles. The van der Waals surface area contributed by atoms with Gasteiger partial charge in [-0.1, -0.05) is 47.0 Å². The van der Waals surface area contributed by atoms with Crippen LogP contribution in [-0.4, -0.2) is 41.0 Å². The van der Waals surface area contributed by atoms with Crippen LogP contribution in [0.15, 0.2) is 0 Å². The predicted octanol–water partition coefficient (Wildman–Crippen LogP) is 3.74. The van der Waals surface area contributed by atoms with Gasteiger partial charge in [0, 0.05) is 19.4 Å². The number of hydrogen-bond donors (Lipinski definition) is 1. The van der Waals surface area contributed by atoms with Crippen molar-refractivity contribution in [1.29, 1.82) is 0 Å². The van der Waals surface area contributed by atoms with Gasteiger partial charge in [0.15, 0.2) is 12.3 Å². The Bertz CT molecular complexity index is 399. The Balaban J connectivity index is 2.83. The number of carboxylic acids is 1. The standard InChI is InChI=1S/C18H33NO5/c1-5-6-7-8-11-14(20)19(16(17(21)22)18(2,3)4)24-15-12-9-10-13-23-15/h15-16H,5-13H2,1-4H3,(H,21,22). The van der Waals surface area contributed by atoms with Gasteiger partial charge in [0.25, 0.3) is 0 Å². The van der Waals surface area contributed by atoms with Gasteiger partial charge in [-0.2, -0.15) is 0 Å². The SMILES string of the molecule is CCCCCCC(=O)N(OC1CCCCO1)C(C(=O)O)C(C)(C)C. The summed E-state index contributed by atoms with van der Waals surface area (Å²) in [6.45, 7) is 8.09. The van der Waals surface area contributed by atoms with Gasteiger partial charge in [-0.3, -0.25) is 4.79 Å². The number of carbonyl (C=O) groups is 2. The van der Waals surface area contributed by atoms with Crippen molar-refractivity contribution >= 4 is 11.9 Å². The highest BCUT2D eigenvalue weighted by Crippen LogP contribution is 2.28. The highest BCUT2D eigenvalue weighted by Gasteiger charge is 2.41. The van der Waals surface area contributed by atoms with Crippen molar-refractivity contribution < 1.29 is 24.3 Å². The molecule has 0 aromatic heterocycles. The molecule has 0 aliphatic carbocycles. The normalized spacial score (nSPS) is 19.8. The lowest BCUT2D eigenvalue weighted by Gasteiger charge is -2.38. The molecule has 1 rings (SSSR count). The van der Waals surface area contributed by atoms with Crippen LogP contribution >= 0.6 is 0 Å². The number of hydrogen-bond acceptors (Lipinski definition) is 4. The van der Waals surface area contributed by atoms with Crippen LogP contribution in [0.3, 0.4) is 0 Å². The number of hydroxylamine groups is 2. The van der Waals surface area contributed by atoms with Crippen molar-refractivity contribution in [3.63, 3.8) is 0 Å². The smallest absolute Gasteiger partial charge is 0.329 e. The molecule has 1 saturated heterocycles. The Labute approximate surface area is 145 Å². The van der Waals surface area contributed by atoms with E-state index in [2.05, 4.69) is 6.92 Å². The minimum Gasteiger partial charge on any atom is -0.480 e. The number of aliphatic carboxylic acids is 1. The molecule has 0 radical (unpaired) electrons. The summed E-state index contributed by atoms with van der Waals surface area (Å²) in [4.78, 5) is 30.2. The summed E-state index contributed by atoms with van der Waals surface area (Å²) in [5.41, 5.74) is -0.639. The predicted molar refractivity (Wildman–Crippen MR) is 91.2 cm³/mol. The van der Waals surface area contributed by atoms with E-state index < -0.39 is 23.7 Å². The first-order chi connectivity index (χ1) is 11.3. The van der Waals surface area contributed by atoms with E-state index in [1.165, 1.54) is 0 Å². The largest absolute Gasteiger partial charge is 0.480 e. The summed E-state index contributed by atoms with van der Waals surface area (Å²) in [5, 5.41) is 10.7. The molecule has 1 N–H and O–H groups in total. The molecule has 0 saturated carbocycles. The molecule has 0 spiro atoms. The van der Waals surface area contributed by atoms with Crippen LogP contribution in [0.2, 0.25) is 0 Å². The third-order valence-electron chi connectivity index (χ3n) is 4.15. The Morgan fingerprint density at radius 3 is 2.46 bits per heavy atom. The highest BCUT2D eigenvalue weighted by molar-refractivity contribution is 5.83. The number of ether oxygens (including phenoxy) is 1. The summed E-state index contributed by atoms with van der Waals surface area (Å²) in [5.74, 6) is -1.33. The molecule has 1 aliphatic rings. The van der Waals surface area contributed by atoms with Crippen LogP contribution in [0, 0.1) is 5.41 Å². The van der Waals surface area contributed by atoms with Crippen molar-refractivity contribution in [3.05, 3.63) is 0 Å². The van der Waals surface area contributed by atoms with Crippen molar-refractivity contribution in [2.45, 2.75) is 91.4 Å². The van der Waals surface area contributed by atoms with Gasteiger partial charge in [-0.15, -0.1) is 0 Å². The Morgan fingerprint density at radius 1 is 1.25 bits per heavy atom. The molecular weight excluding hydrogens is 310 g/mol. The molecule has 1 amide bonds. The van der Waals surface area contributed by atoms with Gasteiger partial charge < -0.3 is 9.84 Å².